The van der Waals surface area contributed by atoms with E-state index in [-0.39, 0.29) is 24.3 Å². The first-order chi connectivity index (χ1) is 17.5. The van der Waals surface area contributed by atoms with Gasteiger partial charge in [0.05, 0.1) is 18.9 Å². The number of halogens is 1. The minimum absolute atomic E-state index is 0.0277. The van der Waals surface area contributed by atoms with Gasteiger partial charge in [0.25, 0.3) is 5.91 Å². The average molecular weight is 519 g/mol. The third-order valence-electron chi connectivity index (χ3n) is 5.94. The number of amides is 2. The largest absolute Gasteiger partial charge is 0.497 e. The number of rotatable bonds is 6. The lowest BCUT2D eigenvalue weighted by atomic mass is 9.98. The van der Waals surface area contributed by atoms with E-state index >= 15 is 0 Å². The van der Waals surface area contributed by atoms with Crippen molar-refractivity contribution in [3.8, 4) is 5.75 Å². The first kappa shape index (κ1) is 24.1. The van der Waals surface area contributed by atoms with Crippen LogP contribution in [-0.4, -0.2) is 40.1 Å². The molecule has 2 aliphatic rings. The maximum atomic E-state index is 12.7. The third kappa shape index (κ3) is 5.29. The number of hydrogen-bond donors (Lipinski definition) is 1. The molecule has 2 amide bonds. The molecule has 2 atom stereocenters. The summed E-state index contributed by atoms with van der Waals surface area (Å²) in [6, 6.07) is 24.3. The Morgan fingerprint density at radius 2 is 1.81 bits per heavy atom. The summed E-state index contributed by atoms with van der Waals surface area (Å²) in [7, 11) is 1.63. The van der Waals surface area contributed by atoms with Gasteiger partial charge in [-0.3, -0.25) is 9.59 Å². The zero-order chi connectivity index (χ0) is 25.1. The molecule has 0 aliphatic carbocycles. The van der Waals surface area contributed by atoms with E-state index in [2.05, 4.69) is 10.3 Å². The van der Waals surface area contributed by atoms with E-state index in [4.69, 9.17) is 21.4 Å². The van der Waals surface area contributed by atoms with E-state index in [0.29, 0.717) is 22.3 Å². The molecule has 5 rings (SSSR count). The Morgan fingerprint density at radius 1 is 1.08 bits per heavy atom. The number of nitrogens with one attached hydrogen (secondary N) is 1. The van der Waals surface area contributed by atoms with E-state index in [0.717, 1.165) is 22.6 Å². The molecule has 0 aromatic heterocycles. The summed E-state index contributed by atoms with van der Waals surface area (Å²) in [4.78, 5) is 29.6. The van der Waals surface area contributed by atoms with Gasteiger partial charge in [0.2, 0.25) is 5.91 Å². The highest BCUT2D eigenvalue weighted by Gasteiger charge is 2.39. The fourth-order valence-electron chi connectivity index (χ4n) is 4.10. The Balaban J connectivity index is 1.36. The lowest BCUT2D eigenvalue weighted by molar-refractivity contribution is -0.121. The van der Waals surface area contributed by atoms with Crippen LogP contribution in [0.3, 0.4) is 0 Å². The van der Waals surface area contributed by atoms with Crippen LogP contribution in [0.4, 0.5) is 5.69 Å². The molecule has 9 heteroatoms. The van der Waals surface area contributed by atoms with E-state index in [9.17, 15) is 9.59 Å². The average Bonchev–Trinajstić information content (AvgIpc) is 3.49. The van der Waals surface area contributed by atoms with E-state index < -0.39 is 5.25 Å². The van der Waals surface area contributed by atoms with Crippen LogP contribution >= 0.6 is 23.4 Å². The fourth-order valence-corrected chi connectivity index (χ4v) is 5.28. The quantitative estimate of drug-likeness (QED) is 0.464. The molecule has 2 heterocycles. The number of hydrogen-bond acceptors (Lipinski definition) is 6. The molecule has 0 unspecified atom stereocenters. The molecule has 36 heavy (non-hydrogen) atoms. The van der Waals surface area contributed by atoms with Crippen LogP contribution in [0, 0.1) is 0 Å². The Morgan fingerprint density at radius 3 is 2.50 bits per heavy atom. The lowest BCUT2D eigenvalue weighted by Crippen LogP contribution is -2.25. The molecule has 182 valence electrons. The van der Waals surface area contributed by atoms with Crippen molar-refractivity contribution in [2.75, 3.05) is 12.4 Å². The number of ether oxygens (including phenoxy) is 1. The Bertz CT molecular complexity index is 1330. The van der Waals surface area contributed by atoms with E-state index in [1.54, 1.807) is 24.3 Å². The summed E-state index contributed by atoms with van der Waals surface area (Å²) < 4.78 is 5.27. The van der Waals surface area contributed by atoms with Crippen molar-refractivity contribution in [3.63, 3.8) is 0 Å². The van der Waals surface area contributed by atoms with Crippen molar-refractivity contribution in [2.24, 2.45) is 10.1 Å². The standard InChI is InChI=1S/C27H23ClN4O3S/c1-35-21-13-9-17(10-14-21)22-15-23(18-7-11-19(28)12-8-18)32(31-22)27-30-26(34)24(36-27)16-25(33)29-20-5-3-2-4-6-20/h2-14,23-24H,15-16H2,1H3,(H,29,33)/t23-,24+/m0/s1. The maximum absolute atomic E-state index is 12.7. The fraction of sp³-hybridized carbons (Fsp3) is 0.185. The van der Waals surface area contributed by atoms with Gasteiger partial charge in [0.1, 0.15) is 11.0 Å². The topological polar surface area (TPSA) is 83.4 Å². The van der Waals surface area contributed by atoms with Gasteiger partial charge < -0.3 is 10.1 Å². The van der Waals surface area contributed by atoms with Crippen LogP contribution in [0.25, 0.3) is 0 Å². The van der Waals surface area contributed by atoms with Gasteiger partial charge in [-0.05, 0) is 59.7 Å². The summed E-state index contributed by atoms with van der Waals surface area (Å²) in [6.07, 6.45) is 0.654. The van der Waals surface area contributed by atoms with Crippen molar-refractivity contribution in [1.29, 1.82) is 0 Å². The predicted molar refractivity (Wildman–Crippen MR) is 144 cm³/mol. The van der Waals surface area contributed by atoms with Gasteiger partial charge in [-0.15, -0.1) is 0 Å². The SMILES string of the molecule is COc1ccc(C2=NN(C3=NC(=O)[C@@H](CC(=O)Nc4ccccc4)S3)[C@H](c3ccc(Cl)cc3)C2)cc1. The van der Waals surface area contributed by atoms with Crippen molar-refractivity contribution in [1.82, 2.24) is 5.01 Å². The number of hydrazone groups is 1. The third-order valence-corrected chi connectivity index (χ3v) is 7.34. The van der Waals surface area contributed by atoms with Crippen molar-refractivity contribution >= 4 is 51.7 Å². The summed E-state index contributed by atoms with van der Waals surface area (Å²) in [6.45, 7) is 0. The molecule has 0 spiro atoms. The number of thioether (sulfide) groups is 1. The van der Waals surface area contributed by atoms with Gasteiger partial charge >= 0.3 is 0 Å². The molecule has 0 saturated carbocycles. The Hall–Kier alpha value is -3.62. The highest BCUT2D eigenvalue weighted by Crippen LogP contribution is 2.39. The van der Waals surface area contributed by atoms with Crippen molar-refractivity contribution < 1.29 is 14.3 Å². The van der Waals surface area contributed by atoms with Crippen LogP contribution in [0.1, 0.15) is 30.0 Å². The zero-order valence-corrected chi connectivity index (χ0v) is 21.0. The number of carbonyl (C=O) groups is 2. The van der Waals surface area contributed by atoms with E-state index in [1.165, 1.54) is 11.8 Å². The maximum Gasteiger partial charge on any atom is 0.262 e. The second-order valence-electron chi connectivity index (χ2n) is 8.35. The van der Waals surface area contributed by atoms with Crippen LogP contribution in [0.5, 0.6) is 5.75 Å². The summed E-state index contributed by atoms with van der Waals surface area (Å²) in [5.41, 5.74) is 3.53. The summed E-state index contributed by atoms with van der Waals surface area (Å²) in [5.74, 6) is 0.198. The number of carbonyl (C=O) groups excluding carboxylic acids is 2. The first-order valence-corrected chi connectivity index (χ1v) is 12.7. The van der Waals surface area contributed by atoms with Gasteiger partial charge in [-0.1, -0.05) is 53.7 Å². The number of aliphatic imine (C=N–C) groups is 1. The van der Waals surface area contributed by atoms with Crippen LogP contribution in [-0.2, 0) is 9.59 Å². The summed E-state index contributed by atoms with van der Waals surface area (Å²) in [5, 5.41) is 10.0. The normalized spacial score (nSPS) is 19.2. The molecular formula is C27H23ClN4O3S. The van der Waals surface area contributed by atoms with Crippen LogP contribution < -0.4 is 10.1 Å². The monoisotopic (exact) mass is 518 g/mol. The molecular weight excluding hydrogens is 496 g/mol. The zero-order valence-electron chi connectivity index (χ0n) is 19.4. The van der Waals surface area contributed by atoms with Crippen LogP contribution in [0.15, 0.2) is 89.0 Å². The molecule has 2 aliphatic heterocycles. The number of amidine groups is 1. The number of benzene rings is 3. The van der Waals surface area contributed by atoms with Gasteiger partial charge in [0.15, 0.2) is 5.17 Å². The number of anilines is 1. The minimum atomic E-state index is -0.602. The summed E-state index contributed by atoms with van der Waals surface area (Å²) >= 11 is 7.39. The second-order valence-corrected chi connectivity index (χ2v) is 9.95. The lowest BCUT2D eigenvalue weighted by Gasteiger charge is -2.23. The highest BCUT2D eigenvalue weighted by atomic mass is 35.5. The van der Waals surface area contributed by atoms with Gasteiger partial charge in [0, 0.05) is 23.6 Å². The molecule has 7 nitrogen and oxygen atoms in total. The smallest absolute Gasteiger partial charge is 0.262 e. The predicted octanol–water partition coefficient (Wildman–Crippen LogP) is 5.53. The number of methoxy groups -OCH3 is 1. The molecule has 0 radical (unpaired) electrons. The van der Waals surface area contributed by atoms with Gasteiger partial charge in [-0.25, -0.2) is 5.01 Å². The number of nitrogens with zero attached hydrogens (tertiary/aromatic N) is 3. The van der Waals surface area contributed by atoms with Crippen molar-refractivity contribution in [3.05, 3.63) is 95.0 Å². The van der Waals surface area contributed by atoms with Crippen LogP contribution in [0.2, 0.25) is 5.02 Å². The minimum Gasteiger partial charge on any atom is -0.497 e. The number of para-hydroxylation sites is 1. The molecule has 1 N–H and O–H groups in total. The second kappa shape index (κ2) is 10.6. The van der Waals surface area contributed by atoms with Crippen molar-refractivity contribution in [2.45, 2.75) is 24.1 Å². The Labute approximate surface area is 218 Å². The highest BCUT2D eigenvalue weighted by molar-refractivity contribution is 8.15. The molecule has 0 fully saturated rings. The molecule has 0 saturated heterocycles. The molecule has 3 aromatic carbocycles. The molecule has 3 aromatic rings. The van der Waals surface area contributed by atoms with Gasteiger partial charge in [-0.2, -0.15) is 10.1 Å². The van der Waals surface area contributed by atoms with E-state index in [1.807, 2.05) is 66.7 Å². The molecule has 0 bridgehead atoms. The first-order valence-electron chi connectivity index (χ1n) is 11.4. The Kier molecular flexibility index (Phi) is 7.06.